The van der Waals surface area contributed by atoms with Crippen LogP contribution in [0.3, 0.4) is 0 Å². The van der Waals surface area contributed by atoms with Crippen molar-refractivity contribution >= 4 is 17.8 Å². The van der Waals surface area contributed by atoms with Gasteiger partial charge in [0.25, 0.3) is 5.91 Å². The van der Waals surface area contributed by atoms with Gasteiger partial charge in [-0.3, -0.25) is 25.2 Å². The number of aliphatic carboxylic acids is 1. The van der Waals surface area contributed by atoms with E-state index in [0.717, 1.165) is 18.6 Å². The largest absolute Gasteiger partial charge is 0.490 e. The minimum atomic E-state index is -0.971. The third kappa shape index (κ3) is 3.61. The van der Waals surface area contributed by atoms with E-state index >= 15 is 0 Å². The van der Waals surface area contributed by atoms with Gasteiger partial charge in [0.05, 0.1) is 17.9 Å². The number of hydrazine groups is 1. The van der Waals surface area contributed by atoms with Crippen LogP contribution in [0.1, 0.15) is 42.5 Å². The van der Waals surface area contributed by atoms with Crippen LogP contribution >= 0.6 is 0 Å². The molecule has 1 aromatic carbocycles. The van der Waals surface area contributed by atoms with Crippen LogP contribution in [0.5, 0.6) is 5.75 Å². The van der Waals surface area contributed by atoms with Crippen LogP contribution in [0.25, 0.3) is 0 Å². The summed E-state index contributed by atoms with van der Waals surface area (Å²) in [4.78, 5) is 36.3. The van der Waals surface area contributed by atoms with Gasteiger partial charge in [0, 0.05) is 5.56 Å². The highest BCUT2D eigenvalue weighted by atomic mass is 16.5. The first-order valence-electron chi connectivity index (χ1n) is 9.81. The molecule has 3 aliphatic carbocycles. The normalized spacial score (nSPS) is 28.3. The fourth-order valence-corrected chi connectivity index (χ4v) is 4.67. The molecule has 7 heteroatoms. The molecular formula is C21H24N2O5. The van der Waals surface area contributed by atoms with Crippen LogP contribution in [0.15, 0.2) is 36.4 Å². The average molecular weight is 384 g/mol. The van der Waals surface area contributed by atoms with Gasteiger partial charge < -0.3 is 9.84 Å². The maximum Gasteiger partial charge on any atom is 0.307 e. The number of allylic oxidation sites excluding steroid dienone is 2. The van der Waals surface area contributed by atoms with E-state index in [1.165, 1.54) is 12.8 Å². The Labute approximate surface area is 163 Å². The number of fused-ring (bicyclic) bond motifs is 2. The zero-order valence-corrected chi connectivity index (χ0v) is 15.5. The standard InChI is InChI=1S/C21H24N2O5/c24-19(12-7-9-16(10-8-12)28-15-3-1-2-4-15)22-23-20(25)17-13-5-6-14(11-13)18(17)21(26)27/h5-10,13-15,17-18H,1-4,11H2,(H,22,24)(H,23,25)(H,26,27)/t13-,14-,17-,18+/m0/s1. The number of nitrogens with one attached hydrogen (secondary N) is 2. The van der Waals surface area contributed by atoms with E-state index < -0.39 is 29.6 Å². The highest BCUT2D eigenvalue weighted by Crippen LogP contribution is 2.48. The van der Waals surface area contributed by atoms with Crippen LogP contribution in [0.4, 0.5) is 0 Å². The minimum Gasteiger partial charge on any atom is -0.490 e. The van der Waals surface area contributed by atoms with E-state index in [0.29, 0.717) is 12.0 Å². The summed E-state index contributed by atoms with van der Waals surface area (Å²) in [6.45, 7) is 0. The molecule has 4 rings (SSSR count). The Morgan fingerprint density at radius 1 is 0.929 bits per heavy atom. The molecule has 148 valence electrons. The molecule has 1 aromatic rings. The first kappa shape index (κ1) is 18.5. The Kier molecular flexibility index (Phi) is 5.07. The summed E-state index contributed by atoms with van der Waals surface area (Å²) in [5.41, 5.74) is 5.18. The maximum absolute atomic E-state index is 12.5. The van der Waals surface area contributed by atoms with Crippen LogP contribution in [-0.4, -0.2) is 29.0 Å². The van der Waals surface area contributed by atoms with Crippen LogP contribution in [0.2, 0.25) is 0 Å². The van der Waals surface area contributed by atoms with Gasteiger partial charge in [0.15, 0.2) is 0 Å². The lowest BCUT2D eigenvalue weighted by molar-refractivity contribution is -0.148. The molecule has 3 N–H and O–H groups in total. The monoisotopic (exact) mass is 384 g/mol. The summed E-state index contributed by atoms with van der Waals surface area (Å²) < 4.78 is 5.87. The second-order valence-electron chi connectivity index (χ2n) is 7.83. The summed E-state index contributed by atoms with van der Waals surface area (Å²) in [6.07, 6.45) is 9.19. The van der Waals surface area contributed by atoms with Gasteiger partial charge >= 0.3 is 5.97 Å². The molecule has 2 saturated carbocycles. The Morgan fingerprint density at radius 3 is 2.21 bits per heavy atom. The Morgan fingerprint density at radius 2 is 1.57 bits per heavy atom. The van der Waals surface area contributed by atoms with Gasteiger partial charge in [-0.05, 0) is 68.2 Å². The molecule has 0 aromatic heterocycles. The molecule has 3 aliphatic rings. The van der Waals surface area contributed by atoms with E-state index in [1.54, 1.807) is 24.3 Å². The number of carboxylic acids is 1. The Hall–Kier alpha value is -2.83. The summed E-state index contributed by atoms with van der Waals surface area (Å²) >= 11 is 0. The number of benzene rings is 1. The lowest BCUT2D eigenvalue weighted by Gasteiger charge is -2.23. The van der Waals surface area contributed by atoms with Crippen molar-refractivity contribution in [2.45, 2.75) is 38.2 Å². The van der Waals surface area contributed by atoms with Gasteiger partial charge in [-0.15, -0.1) is 0 Å². The zero-order chi connectivity index (χ0) is 19.7. The van der Waals surface area contributed by atoms with E-state index in [2.05, 4.69) is 10.9 Å². The first-order chi connectivity index (χ1) is 13.5. The van der Waals surface area contributed by atoms with Crippen LogP contribution in [-0.2, 0) is 9.59 Å². The van der Waals surface area contributed by atoms with E-state index in [-0.39, 0.29) is 17.9 Å². The number of hydrogen-bond acceptors (Lipinski definition) is 4. The molecule has 4 atom stereocenters. The second kappa shape index (κ2) is 7.66. The van der Waals surface area contributed by atoms with E-state index in [9.17, 15) is 19.5 Å². The number of carboxylic acid groups (broad SMARTS) is 1. The van der Waals surface area contributed by atoms with Crippen LogP contribution in [0, 0.1) is 23.7 Å². The number of ether oxygens (including phenoxy) is 1. The molecule has 7 nitrogen and oxygen atoms in total. The number of carbonyl (C=O) groups excluding carboxylic acids is 2. The van der Waals surface area contributed by atoms with Gasteiger partial charge in [-0.25, -0.2) is 0 Å². The quantitative estimate of drug-likeness (QED) is 0.534. The maximum atomic E-state index is 12.5. The van der Waals surface area contributed by atoms with Gasteiger partial charge in [0.1, 0.15) is 5.75 Å². The van der Waals surface area contributed by atoms with Gasteiger partial charge in [-0.2, -0.15) is 0 Å². The first-order valence-corrected chi connectivity index (χ1v) is 9.81. The second-order valence-corrected chi connectivity index (χ2v) is 7.83. The van der Waals surface area contributed by atoms with Crippen molar-refractivity contribution in [2.24, 2.45) is 23.7 Å². The third-order valence-electron chi connectivity index (χ3n) is 6.07. The van der Waals surface area contributed by atoms with Crippen LogP contribution < -0.4 is 15.6 Å². The van der Waals surface area contributed by atoms with E-state index in [4.69, 9.17) is 4.74 Å². The summed E-state index contributed by atoms with van der Waals surface area (Å²) in [6, 6.07) is 6.78. The van der Waals surface area contributed by atoms with Crippen molar-refractivity contribution in [1.82, 2.24) is 10.9 Å². The summed E-state index contributed by atoms with van der Waals surface area (Å²) in [7, 11) is 0. The van der Waals surface area contributed by atoms with Crippen molar-refractivity contribution in [1.29, 1.82) is 0 Å². The molecule has 2 amide bonds. The molecule has 28 heavy (non-hydrogen) atoms. The van der Waals surface area contributed by atoms with Crippen molar-refractivity contribution in [2.75, 3.05) is 0 Å². The van der Waals surface area contributed by atoms with Gasteiger partial charge in [0.2, 0.25) is 5.91 Å². The molecular weight excluding hydrogens is 360 g/mol. The van der Waals surface area contributed by atoms with Crippen molar-refractivity contribution < 1.29 is 24.2 Å². The van der Waals surface area contributed by atoms with Crippen molar-refractivity contribution in [3.05, 3.63) is 42.0 Å². The van der Waals surface area contributed by atoms with Crippen molar-refractivity contribution in [3.8, 4) is 5.75 Å². The Bertz CT molecular complexity index is 798. The number of carbonyl (C=O) groups is 3. The highest BCUT2D eigenvalue weighted by molar-refractivity contribution is 5.96. The SMILES string of the molecule is O=C(NNC(=O)[C@@H]1[C@H](C(=O)O)[C@H]2C=C[C@H]1C2)c1ccc(OC2CCCC2)cc1. The molecule has 0 heterocycles. The molecule has 2 fully saturated rings. The smallest absolute Gasteiger partial charge is 0.307 e. The summed E-state index contributed by atoms with van der Waals surface area (Å²) in [5.74, 6) is -2.75. The summed E-state index contributed by atoms with van der Waals surface area (Å²) in [5, 5.41) is 9.42. The average Bonchev–Trinajstić information content (AvgIpc) is 3.43. The number of amides is 2. The van der Waals surface area contributed by atoms with E-state index in [1.807, 2.05) is 12.2 Å². The minimum absolute atomic E-state index is 0.0879. The molecule has 0 saturated heterocycles. The Balaban J connectivity index is 1.32. The fourth-order valence-electron chi connectivity index (χ4n) is 4.67. The topological polar surface area (TPSA) is 105 Å². The fraction of sp³-hybridized carbons (Fsp3) is 0.476. The predicted octanol–water partition coefficient (Wildman–Crippen LogP) is 2.29. The lowest BCUT2D eigenvalue weighted by Crippen LogP contribution is -2.48. The molecule has 2 bridgehead atoms. The van der Waals surface area contributed by atoms with Gasteiger partial charge in [-0.1, -0.05) is 12.2 Å². The number of hydrogen-bond donors (Lipinski definition) is 3. The molecule has 0 spiro atoms. The lowest BCUT2D eigenvalue weighted by atomic mass is 9.82. The number of rotatable bonds is 5. The third-order valence-corrected chi connectivity index (χ3v) is 6.07. The molecule has 0 radical (unpaired) electrons. The molecule has 0 aliphatic heterocycles. The highest BCUT2D eigenvalue weighted by Gasteiger charge is 2.51. The zero-order valence-electron chi connectivity index (χ0n) is 15.5. The van der Waals surface area contributed by atoms with Crippen molar-refractivity contribution in [3.63, 3.8) is 0 Å². The molecule has 0 unspecified atom stereocenters. The predicted molar refractivity (Wildman–Crippen MR) is 100 cm³/mol.